The van der Waals surface area contributed by atoms with E-state index in [4.69, 9.17) is 4.52 Å². The fourth-order valence-electron chi connectivity index (χ4n) is 3.35. The summed E-state index contributed by atoms with van der Waals surface area (Å²) in [6.45, 7) is 3.53. The van der Waals surface area contributed by atoms with E-state index >= 15 is 0 Å². The number of hydrogen-bond acceptors (Lipinski definition) is 5. The van der Waals surface area contributed by atoms with Crippen LogP contribution in [0.3, 0.4) is 0 Å². The number of aromatic nitrogens is 2. The first-order valence-electron chi connectivity index (χ1n) is 8.56. The molecule has 0 saturated heterocycles. The molecule has 5 heteroatoms. The predicted octanol–water partition coefficient (Wildman–Crippen LogP) is 2.89. The van der Waals surface area contributed by atoms with Gasteiger partial charge in [0.25, 0.3) is 0 Å². The molecule has 5 nitrogen and oxygen atoms in total. The highest BCUT2D eigenvalue weighted by Crippen LogP contribution is 2.35. The summed E-state index contributed by atoms with van der Waals surface area (Å²) in [5.41, 5.74) is 2.79. The Bertz CT molecular complexity index is 626. The molecular weight excluding hydrogens is 290 g/mol. The second-order valence-corrected chi connectivity index (χ2v) is 6.16. The molecule has 124 valence electrons. The van der Waals surface area contributed by atoms with Crippen LogP contribution >= 0.6 is 0 Å². The van der Waals surface area contributed by atoms with Crippen LogP contribution in [-0.4, -0.2) is 33.3 Å². The molecule has 0 spiro atoms. The number of unbranched alkanes of at least 4 members (excludes halogenated alkanes) is 1. The number of aliphatic hydroxyl groups is 1. The number of benzene rings is 1. The Hall–Kier alpha value is -1.72. The van der Waals surface area contributed by atoms with Gasteiger partial charge in [0.2, 0.25) is 5.89 Å². The predicted molar refractivity (Wildman–Crippen MR) is 87.9 cm³/mol. The molecule has 0 saturated carbocycles. The lowest BCUT2D eigenvalue weighted by molar-refractivity contribution is 0.138. The first kappa shape index (κ1) is 16.1. The topological polar surface area (TPSA) is 62.4 Å². The number of aliphatic hydroxyl groups excluding tert-OH is 1. The molecule has 1 heterocycles. The average Bonchev–Trinajstić information content (AvgIpc) is 3.19. The van der Waals surface area contributed by atoms with Crippen LogP contribution in [0.4, 0.5) is 0 Å². The van der Waals surface area contributed by atoms with Gasteiger partial charge in [-0.1, -0.05) is 42.8 Å². The SMILES string of the molecule is CCCCc1nc(CN(CCO)C2CCc3ccccc32)no1. The van der Waals surface area contributed by atoms with Crippen LogP contribution in [0, 0.1) is 0 Å². The van der Waals surface area contributed by atoms with Crippen molar-refractivity contribution in [2.75, 3.05) is 13.2 Å². The van der Waals surface area contributed by atoms with Gasteiger partial charge in [0.15, 0.2) is 5.82 Å². The number of hydrogen-bond donors (Lipinski definition) is 1. The number of fused-ring (bicyclic) bond motifs is 1. The molecule has 1 atom stereocenters. The summed E-state index contributed by atoms with van der Waals surface area (Å²) in [6, 6.07) is 8.91. The van der Waals surface area contributed by atoms with Crippen molar-refractivity contribution >= 4 is 0 Å². The van der Waals surface area contributed by atoms with Crippen LogP contribution in [-0.2, 0) is 19.4 Å². The van der Waals surface area contributed by atoms with Crippen molar-refractivity contribution in [2.45, 2.75) is 51.6 Å². The Morgan fingerprint density at radius 3 is 3.04 bits per heavy atom. The largest absolute Gasteiger partial charge is 0.395 e. The van der Waals surface area contributed by atoms with Crippen LogP contribution in [0.15, 0.2) is 28.8 Å². The maximum Gasteiger partial charge on any atom is 0.226 e. The van der Waals surface area contributed by atoms with E-state index in [-0.39, 0.29) is 6.61 Å². The van der Waals surface area contributed by atoms with Crippen LogP contribution in [0.25, 0.3) is 0 Å². The standard InChI is InChI=1S/C18H25N3O2/c1-2-3-8-18-19-17(20-23-18)13-21(11-12-22)16-10-9-14-6-4-5-7-15(14)16/h4-7,16,22H,2-3,8-13H2,1H3. The minimum Gasteiger partial charge on any atom is -0.395 e. The van der Waals surface area contributed by atoms with Gasteiger partial charge < -0.3 is 9.63 Å². The van der Waals surface area contributed by atoms with Gasteiger partial charge in [0.1, 0.15) is 0 Å². The third-order valence-corrected chi connectivity index (χ3v) is 4.53. The van der Waals surface area contributed by atoms with Crippen molar-refractivity contribution in [1.82, 2.24) is 15.0 Å². The number of aryl methyl sites for hydroxylation is 2. The van der Waals surface area contributed by atoms with E-state index in [2.05, 4.69) is 46.2 Å². The summed E-state index contributed by atoms with van der Waals surface area (Å²) in [6.07, 6.45) is 5.21. The van der Waals surface area contributed by atoms with Crippen molar-refractivity contribution in [2.24, 2.45) is 0 Å². The van der Waals surface area contributed by atoms with Crippen molar-refractivity contribution in [3.8, 4) is 0 Å². The van der Waals surface area contributed by atoms with Crippen molar-refractivity contribution < 1.29 is 9.63 Å². The third kappa shape index (κ3) is 3.79. The number of nitrogens with zero attached hydrogens (tertiary/aromatic N) is 3. The zero-order chi connectivity index (χ0) is 16.1. The van der Waals surface area contributed by atoms with Gasteiger partial charge in [-0.05, 0) is 30.4 Å². The molecule has 1 unspecified atom stereocenters. The van der Waals surface area contributed by atoms with Gasteiger partial charge >= 0.3 is 0 Å². The van der Waals surface area contributed by atoms with Crippen molar-refractivity contribution in [1.29, 1.82) is 0 Å². The third-order valence-electron chi connectivity index (χ3n) is 4.53. The molecule has 0 aliphatic heterocycles. The van der Waals surface area contributed by atoms with Gasteiger partial charge in [-0.15, -0.1) is 0 Å². The van der Waals surface area contributed by atoms with Crippen molar-refractivity contribution in [3.05, 3.63) is 47.1 Å². The van der Waals surface area contributed by atoms with Gasteiger partial charge in [-0.3, -0.25) is 4.90 Å². The Balaban J connectivity index is 1.71. The maximum absolute atomic E-state index is 9.44. The minimum absolute atomic E-state index is 0.138. The average molecular weight is 315 g/mol. The van der Waals surface area contributed by atoms with E-state index in [1.807, 2.05) is 0 Å². The molecule has 23 heavy (non-hydrogen) atoms. The smallest absolute Gasteiger partial charge is 0.226 e. The molecule has 0 fully saturated rings. The molecule has 1 N–H and O–H groups in total. The van der Waals surface area contributed by atoms with Crippen LogP contribution in [0.5, 0.6) is 0 Å². The lowest BCUT2D eigenvalue weighted by Crippen LogP contribution is -2.30. The highest BCUT2D eigenvalue weighted by molar-refractivity contribution is 5.34. The summed E-state index contributed by atoms with van der Waals surface area (Å²) in [4.78, 5) is 6.76. The Labute approximate surface area is 137 Å². The first-order chi connectivity index (χ1) is 11.3. The fourth-order valence-corrected chi connectivity index (χ4v) is 3.35. The van der Waals surface area contributed by atoms with Crippen LogP contribution in [0.2, 0.25) is 0 Å². The monoisotopic (exact) mass is 315 g/mol. The van der Waals surface area contributed by atoms with E-state index in [1.165, 1.54) is 11.1 Å². The molecule has 1 aromatic heterocycles. The van der Waals surface area contributed by atoms with E-state index < -0.39 is 0 Å². The van der Waals surface area contributed by atoms with Gasteiger partial charge in [0.05, 0.1) is 13.2 Å². The Morgan fingerprint density at radius 1 is 1.35 bits per heavy atom. The lowest BCUT2D eigenvalue weighted by Gasteiger charge is -2.27. The van der Waals surface area contributed by atoms with Crippen molar-refractivity contribution in [3.63, 3.8) is 0 Å². The fraction of sp³-hybridized carbons (Fsp3) is 0.556. The zero-order valence-electron chi connectivity index (χ0n) is 13.7. The van der Waals surface area contributed by atoms with Gasteiger partial charge in [-0.2, -0.15) is 4.98 Å². The molecule has 0 radical (unpaired) electrons. The summed E-state index contributed by atoms with van der Waals surface area (Å²) in [5.74, 6) is 1.44. The molecule has 2 aromatic rings. The normalized spacial score (nSPS) is 16.9. The highest BCUT2D eigenvalue weighted by atomic mass is 16.5. The van der Waals surface area contributed by atoms with E-state index in [1.54, 1.807) is 0 Å². The summed E-state index contributed by atoms with van der Waals surface area (Å²) in [5, 5.41) is 13.5. The maximum atomic E-state index is 9.44. The summed E-state index contributed by atoms with van der Waals surface area (Å²) in [7, 11) is 0. The Kier molecular flexibility index (Phi) is 5.41. The first-order valence-corrected chi connectivity index (χ1v) is 8.56. The van der Waals surface area contributed by atoms with Crippen LogP contribution < -0.4 is 0 Å². The second kappa shape index (κ2) is 7.70. The molecular formula is C18H25N3O2. The molecule has 0 amide bonds. The van der Waals surface area contributed by atoms with E-state index in [0.717, 1.165) is 38.0 Å². The summed E-state index contributed by atoms with van der Waals surface area (Å²) < 4.78 is 5.33. The number of rotatable bonds is 8. The quantitative estimate of drug-likeness (QED) is 0.811. The van der Waals surface area contributed by atoms with E-state index in [9.17, 15) is 5.11 Å². The molecule has 1 aliphatic carbocycles. The second-order valence-electron chi connectivity index (χ2n) is 6.16. The molecule has 1 aliphatic rings. The van der Waals surface area contributed by atoms with E-state index in [0.29, 0.717) is 25.0 Å². The van der Waals surface area contributed by atoms with Gasteiger partial charge in [0, 0.05) is 19.0 Å². The summed E-state index contributed by atoms with van der Waals surface area (Å²) >= 11 is 0. The highest BCUT2D eigenvalue weighted by Gasteiger charge is 2.28. The van der Waals surface area contributed by atoms with Gasteiger partial charge in [-0.25, -0.2) is 0 Å². The Morgan fingerprint density at radius 2 is 2.22 bits per heavy atom. The lowest BCUT2D eigenvalue weighted by atomic mass is 10.1. The minimum atomic E-state index is 0.138. The zero-order valence-corrected chi connectivity index (χ0v) is 13.7. The van der Waals surface area contributed by atoms with Crippen LogP contribution in [0.1, 0.15) is 55.1 Å². The molecule has 1 aromatic carbocycles. The molecule has 3 rings (SSSR count). The molecule has 0 bridgehead atoms.